The SMILES string of the molecule is CC(C)c1ccc(-c2noc(CCC(=O)NC(CF)C(=O)O)n2)cc1. The van der Waals surface area contributed by atoms with Gasteiger partial charge in [-0.2, -0.15) is 4.98 Å². The third-order valence-electron chi connectivity index (χ3n) is 3.66. The summed E-state index contributed by atoms with van der Waals surface area (Å²) in [5, 5.41) is 14.7. The summed E-state index contributed by atoms with van der Waals surface area (Å²) >= 11 is 0. The molecule has 8 heteroatoms. The van der Waals surface area contributed by atoms with Crippen molar-refractivity contribution in [2.24, 2.45) is 0 Å². The number of halogens is 1. The van der Waals surface area contributed by atoms with E-state index in [1.54, 1.807) is 0 Å². The lowest BCUT2D eigenvalue weighted by Gasteiger charge is -2.09. The maximum absolute atomic E-state index is 12.5. The zero-order chi connectivity index (χ0) is 18.4. The van der Waals surface area contributed by atoms with Gasteiger partial charge in [0.25, 0.3) is 0 Å². The highest BCUT2D eigenvalue weighted by Crippen LogP contribution is 2.20. The predicted molar refractivity (Wildman–Crippen MR) is 87.7 cm³/mol. The molecule has 0 spiro atoms. The summed E-state index contributed by atoms with van der Waals surface area (Å²) in [4.78, 5) is 26.5. The average molecular weight is 349 g/mol. The number of nitrogens with one attached hydrogen (secondary N) is 1. The Morgan fingerprint density at radius 2 is 1.96 bits per heavy atom. The lowest BCUT2D eigenvalue weighted by atomic mass is 10.0. The normalized spacial score (nSPS) is 12.2. The van der Waals surface area contributed by atoms with Crippen molar-refractivity contribution in [3.63, 3.8) is 0 Å². The minimum absolute atomic E-state index is 0.0717. The summed E-state index contributed by atoms with van der Waals surface area (Å²) in [5.74, 6) is -0.915. The monoisotopic (exact) mass is 349 g/mol. The molecule has 0 aliphatic rings. The van der Waals surface area contributed by atoms with E-state index in [9.17, 15) is 14.0 Å². The van der Waals surface area contributed by atoms with Crippen LogP contribution in [0.25, 0.3) is 11.4 Å². The summed E-state index contributed by atoms with van der Waals surface area (Å²) in [7, 11) is 0. The number of aryl methyl sites for hydroxylation is 1. The van der Waals surface area contributed by atoms with Crippen molar-refractivity contribution in [3.8, 4) is 11.4 Å². The van der Waals surface area contributed by atoms with Gasteiger partial charge in [0.1, 0.15) is 6.67 Å². The molecule has 0 saturated carbocycles. The third kappa shape index (κ3) is 5.10. The maximum Gasteiger partial charge on any atom is 0.328 e. The Bertz CT molecular complexity index is 728. The molecule has 1 amide bonds. The molecule has 0 bridgehead atoms. The first-order chi connectivity index (χ1) is 11.9. The van der Waals surface area contributed by atoms with Crippen molar-refractivity contribution in [2.75, 3.05) is 6.67 Å². The van der Waals surface area contributed by atoms with Crippen LogP contribution in [0.1, 0.15) is 37.6 Å². The van der Waals surface area contributed by atoms with Gasteiger partial charge < -0.3 is 14.9 Å². The van der Waals surface area contributed by atoms with Crippen molar-refractivity contribution < 1.29 is 23.6 Å². The van der Waals surface area contributed by atoms with Gasteiger partial charge in [-0.05, 0) is 11.5 Å². The molecule has 2 aromatic rings. The van der Waals surface area contributed by atoms with Crippen LogP contribution < -0.4 is 5.32 Å². The minimum atomic E-state index is -1.54. The number of alkyl halides is 1. The largest absolute Gasteiger partial charge is 0.480 e. The fourth-order valence-electron chi connectivity index (χ4n) is 2.14. The van der Waals surface area contributed by atoms with Crippen LogP contribution in [0.15, 0.2) is 28.8 Å². The van der Waals surface area contributed by atoms with Crippen molar-refractivity contribution in [3.05, 3.63) is 35.7 Å². The van der Waals surface area contributed by atoms with E-state index in [1.165, 1.54) is 5.56 Å². The zero-order valence-electron chi connectivity index (χ0n) is 14.0. The van der Waals surface area contributed by atoms with Crippen LogP contribution in [0.4, 0.5) is 4.39 Å². The number of carbonyl (C=O) groups is 2. The number of carboxylic acids is 1. The summed E-state index contributed by atoms with van der Waals surface area (Å²) < 4.78 is 17.6. The molecule has 1 aromatic heterocycles. The number of aromatic nitrogens is 2. The van der Waals surface area contributed by atoms with Gasteiger partial charge in [-0.3, -0.25) is 4.79 Å². The van der Waals surface area contributed by atoms with Gasteiger partial charge in [-0.25, -0.2) is 9.18 Å². The second-order valence-corrected chi connectivity index (χ2v) is 5.90. The van der Waals surface area contributed by atoms with Crippen LogP contribution in [0.3, 0.4) is 0 Å². The second kappa shape index (κ2) is 8.36. The maximum atomic E-state index is 12.5. The Kier molecular flexibility index (Phi) is 6.21. The number of benzene rings is 1. The highest BCUT2D eigenvalue weighted by Gasteiger charge is 2.20. The van der Waals surface area contributed by atoms with E-state index in [2.05, 4.69) is 29.3 Å². The molecular formula is C17H20FN3O4. The van der Waals surface area contributed by atoms with E-state index < -0.39 is 24.6 Å². The van der Waals surface area contributed by atoms with E-state index in [0.29, 0.717) is 11.7 Å². The summed E-state index contributed by atoms with van der Waals surface area (Å²) in [6, 6.07) is 6.24. The standard InChI is InChI=1S/C17H20FN3O4/c1-10(2)11-3-5-12(6-4-11)16-20-15(25-21-16)8-7-14(22)19-13(9-18)17(23)24/h3-6,10,13H,7-9H2,1-2H3,(H,19,22)(H,23,24). The van der Waals surface area contributed by atoms with Crippen LogP contribution >= 0.6 is 0 Å². The molecule has 1 aromatic carbocycles. The van der Waals surface area contributed by atoms with Gasteiger partial charge in [0.2, 0.25) is 17.6 Å². The number of hydrogen-bond acceptors (Lipinski definition) is 5. The topological polar surface area (TPSA) is 105 Å². The molecule has 0 aliphatic heterocycles. The average Bonchev–Trinajstić information content (AvgIpc) is 3.06. The molecule has 0 saturated heterocycles. The molecule has 0 aliphatic carbocycles. The van der Waals surface area contributed by atoms with E-state index in [4.69, 9.17) is 9.63 Å². The van der Waals surface area contributed by atoms with Gasteiger partial charge in [-0.1, -0.05) is 43.3 Å². The van der Waals surface area contributed by atoms with Crippen LogP contribution in [0.2, 0.25) is 0 Å². The Balaban J connectivity index is 1.93. The second-order valence-electron chi connectivity index (χ2n) is 5.90. The van der Waals surface area contributed by atoms with E-state index in [-0.39, 0.29) is 18.7 Å². The van der Waals surface area contributed by atoms with Gasteiger partial charge >= 0.3 is 5.97 Å². The summed E-state index contributed by atoms with van der Waals surface area (Å²) in [6.45, 7) is 3.03. The molecular weight excluding hydrogens is 329 g/mol. The Morgan fingerprint density at radius 3 is 2.52 bits per heavy atom. The molecule has 1 unspecified atom stereocenters. The predicted octanol–water partition coefficient (Wildman–Crippen LogP) is 2.33. The Labute approximate surface area is 144 Å². The molecule has 1 heterocycles. The smallest absolute Gasteiger partial charge is 0.328 e. The third-order valence-corrected chi connectivity index (χ3v) is 3.66. The number of amides is 1. The molecule has 2 rings (SSSR count). The molecule has 7 nitrogen and oxygen atoms in total. The Hall–Kier alpha value is -2.77. The van der Waals surface area contributed by atoms with Gasteiger partial charge in [0, 0.05) is 18.4 Å². The summed E-state index contributed by atoms with van der Waals surface area (Å²) in [6.07, 6.45) is 0.0687. The van der Waals surface area contributed by atoms with Gasteiger partial charge in [0.15, 0.2) is 6.04 Å². The van der Waals surface area contributed by atoms with E-state index >= 15 is 0 Å². The number of rotatable bonds is 8. The van der Waals surface area contributed by atoms with Crippen LogP contribution in [-0.2, 0) is 16.0 Å². The highest BCUT2D eigenvalue weighted by molar-refractivity contribution is 5.83. The van der Waals surface area contributed by atoms with E-state index in [0.717, 1.165) is 5.56 Å². The first-order valence-corrected chi connectivity index (χ1v) is 7.91. The minimum Gasteiger partial charge on any atom is -0.480 e. The van der Waals surface area contributed by atoms with Crippen LogP contribution in [-0.4, -0.2) is 39.8 Å². The van der Waals surface area contributed by atoms with Gasteiger partial charge in [0.05, 0.1) is 0 Å². The van der Waals surface area contributed by atoms with Crippen molar-refractivity contribution in [2.45, 2.75) is 38.6 Å². The van der Waals surface area contributed by atoms with Crippen molar-refractivity contribution in [1.29, 1.82) is 0 Å². The summed E-state index contributed by atoms with van der Waals surface area (Å²) in [5.41, 5.74) is 2.00. The number of hydrogen-bond donors (Lipinski definition) is 2. The molecule has 134 valence electrons. The number of carboxylic acid groups (broad SMARTS) is 1. The molecule has 2 N–H and O–H groups in total. The van der Waals surface area contributed by atoms with Crippen molar-refractivity contribution in [1.82, 2.24) is 15.5 Å². The number of aliphatic carboxylic acids is 1. The quantitative estimate of drug-likeness (QED) is 0.758. The molecule has 0 fully saturated rings. The highest BCUT2D eigenvalue weighted by atomic mass is 19.1. The molecule has 25 heavy (non-hydrogen) atoms. The fourth-order valence-corrected chi connectivity index (χ4v) is 2.14. The Morgan fingerprint density at radius 1 is 1.28 bits per heavy atom. The number of nitrogens with zero attached hydrogens (tertiary/aromatic N) is 2. The van der Waals surface area contributed by atoms with Crippen molar-refractivity contribution >= 4 is 11.9 Å². The fraction of sp³-hybridized carbons (Fsp3) is 0.412. The lowest BCUT2D eigenvalue weighted by molar-refractivity contribution is -0.142. The first kappa shape index (κ1) is 18.6. The van der Waals surface area contributed by atoms with Crippen LogP contribution in [0, 0.1) is 0 Å². The van der Waals surface area contributed by atoms with Gasteiger partial charge in [-0.15, -0.1) is 0 Å². The zero-order valence-corrected chi connectivity index (χ0v) is 14.0. The molecule has 0 radical (unpaired) electrons. The molecule has 1 atom stereocenters. The van der Waals surface area contributed by atoms with Crippen LogP contribution in [0.5, 0.6) is 0 Å². The van der Waals surface area contributed by atoms with E-state index in [1.807, 2.05) is 24.3 Å². The lowest BCUT2D eigenvalue weighted by Crippen LogP contribution is -2.42. The first-order valence-electron chi connectivity index (χ1n) is 7.91. The number of carbonyl (C=O) groups excluding carboxylic acids is 1.